The van der Waals surface area contributed by atoms with Gasteiger partial charge in [-0.3, -0.25) is 14.4 Å². The molecule has 392 valence electrons. The van der Waals surface area contributed by atoms with Crippen molar-refractivity contribution in [3.63, 3.8) is 0 Å². The predicted molar refractivity (Wildman–Crippen MR) is 297 cm³/mol. The van der Waals surface area contributed by atoms with E-state index in [2.05, 4.69) is 130 Å². The Morgan fingerprint density at radius 1 is 0.319 bits per heavy atom. The molecule has 0 aliphatic carbocycles. The Morgan fingerprint density at radius 2 is 0.623 bits per heavy atom. The van der Waals surface area contributed by atoms with Crippen molar-refractivity contribution < 1.29 is 28.6 Å². The molecule has 0 aromatic carbocycles. The fourth-order valence-corrected chi connectivity index (χ4v) is 7.50. The molecule has 6 nitrogen and oxygen atoms in total. The van der Waals surface area contributed by atoms with Gasteiger partial charge in [0.2, 0.25) is 0 Å². The molecule has 0 amide bonds. The van der Waals surface area contributed by atoms with E-state index in [9.17, 15) is 14.4 Å². The minimum Gasteiger partial charge on any atom is -0.462 e. The molecule has 0 aliphatic rings. The molecule has 6 heteroatoms. The number of esters is 3. The van der Waals surface area contributed by atoms with Gasteiger partial charge in [-0.05, 0) is 116 Å². The molecule has 0 aromatic heterocycles. The van der Waals surface area contributed by atoms with E-state index in [0.717, 1.165) is 109 Å². The molecule has 0 aliphatic heterocycles. The Morgan fingerprint density at radius 3 is 1.03 bits per heavy atom. The number of hydrogen-bond donors (Lipinski definition) is 0. The molecular formula is C63H104O6. The van der Waals surface area contributed by atoms with Crippen LogP contribution in [0.2, 0.25) is 0 Å². The summed E-state index contributed by atoms with van der Waals surface area (Å²) in [5.74, 6) is -1.02. The molecule has 0 radical (unpaired) electrons. The van der Waals surface area contributed by atoms with Gasteiger partial charge in [0, 0.05) is 19.3 Å². The van der Waals surface area contributed by atoms with Crippen LogP contribution in [0.5, 0.6) is 0 Å². The zero-order valence-corrected chi connectivity index (χ0v) is 44.8. The van der Waals surface area contributed by atoms with Gasteiger partial charge in [0.25, 0.3) is 0 Å². The third-order valence-corrected chi connectivity index (χ3v) is 11.8. The number of carbonyl (C=O) groups excluding carboxylic acids is 3. The molecule has 0 heterocycles. The average Bonchev–Trinajstić information content (AvgIpc) is 3.35. The summed E-state index contributed by atoms with van der Waals surface area (Å²) >= 11 is 0. The summed E-state index contributed by atoms with van der Waals surface area (Å²) in [5.41, 5.74) is 0. The molecule has 0 aromatic rings. The standard InChI is InChI=1S/C63H104O6/c1-4-7-10-13-16-19-22-25-28-31-33-35-38-41-44-47-50-53-56-62(65)68-59-60(58-67-61(64)55-52-49-46-43-40-37-34-30-27-24-21-18-15-12-9-6-3)69-63(66)57-54-51-48-45-42-39-36-32-29-26-23-20-17-14-11-8-5-2/h9,12,18,21,26-31,33,35-37,39-40,45,48,60H,4-8,10-11,13-17,19-20,22-25,32,34,38,41-44,46-47,49-59H2,1-3H3/b12-9-,21-18-,29-26-,30-27-,31-28-,35-33-,39-36-,40-37-,48-45-. The van der Waals surface area contributed by atoms with Crippen molar-refractivity contribution in [1.29, 1.82) is 0 Å². The maximum Gasteiger partial charge on any atom is 0.306 e. The van der Waals surface area contributed by atoms with Gasteiger partial charge in [-0.15, -0.1) is 0 Å². The topological polar surface area (TPSA) is 78.9 Å². The van der Waals surface area contributed by atoms with Crippen molar-refractivity contribution in [2.75, 3.05) is 13.2 Å². The number of rotatable bonds is 50. The number of ether oxygens (including phenoxy) is 3. The number of allylic oxidation sites excluding steroid dienone is 18. The van der Waals surface area contributed by atoms with Crippen LogP contribution in [0.25, 0.3) is 0 Å². The molecule has 0 spiro atoms. The Bertz CT molecular complexity index is 1420. The van der Waals surface area contributed by atoms with Crippen LogP contribution >= 0.6 is 0 Å². The van der Waals surface area contributed by atoms with Crippen molar-refractivity contribution >= 4 is 17.9 Å². The lowest BCUT2D eigenvalue weighted by Gasteiger charge is -2.18. The molecule has 0 saturated heterocycles. The van der Waals surface area contributed by atoms with E-state index in [1.54, 1.807) is 0 Å². The van der Waals surface area contributed by atoms with Crippen LogP contribution in [0.4, 0.5) is 0 Å². The minimum absolute atomic E-state index is 0.118. The van der Waals surface area contributed by atoms with Crippen LogP contribution in [-0.2, 0) is 28.6 Å². The highest BCUT2D eigenvalue weighted by atomic mass is 16.6. The number of unbranched alkanes of at least 4 members (excludes halogenated alkanes) is 22. The number of carbonyl (C=O) groups is 3. The van der Waals surface area contributed by atoms with Gasteiger partial charge in [-0.2, -0.15) is 0 Å². The highest BCUT2D eigenvalue weighted by Gasteiger charge is 2.19. The van der Waals surface area contributed by atoms with E-state index in [-0.39, 0.29) is 37.5 Å². The second-order valence-corrected chi connectivity index (χ2v) is 18.5. The van der Waals surface area contributed by atoms with Crippen LogP contribution < -0.4 is 0 Å². The van der Waals surface area contributed by atoms with Crippen molar-refractivity contribution in [3.8, 4) is 0 Å². The van der Waals surface area contributed by atoms with E-state index >= 15 is 0 Å². The van der Waals surface area contributed by atoms with Crippen molar-refractivity contribution in [3.05, 3.63) is 109 Å². The maximum absolute atomic E-state index is 12.8. The van der Waals surface area contributed by atoms with Gasteiger partial charge >= 0.3 is 17.9 Å². The molecule has 0 fully saturated rings. The summed E-state index contributed by atoms with van der Waals surface area (Å²) in [6.45, 7) is 6.43. The second kappa shape index (κ2) is 56.7. The fourth-order valence-electron chi connectivity index (χ4n) is 7.50. The quantitative estimate of drug-likeness (QED) is 0.0199. The third kappa shape index (κ3) is 54.9. The summed E-state index contributed by atoms with van der Waals surface area (Å²) in [4.78, 5) is 38.1. The Hall–Kier alpha value is -3.93. The molecule has 0 bridgehead atoms. The largest absolute Gasteiger partial charge is 0.462 e. The minimum atomic E-state index is -0.827. The smallest absolute Gasteiger partial charge is 0.306 e. The first-order valence-corrected chi connectivity index (χ1v) is 28.4. The van der Waals surface area contributed by atoms with Crippen LogP contribution in [0.1, 0.15) is 252 Å². The number of hydrogen-bond acceptors (Lipinski definition) is 6. The third-order valence-electron chi connectivity index (χ3n) is 11.8. The Kier molecular flexibility index (Phi) is 53.4. The van der Waals surface area contributed by atoms with Gasteiger partial charge in [-0.1, -0.05) is 226 Å². The molecule has 69 heavy (non-hydrogen) atoms. The lowest BCUT2D eigenvalue weighted by atomic mass is 10.1. The average molecular weight is 958 g/mol. The van der Waals surface area contributed by atoms with Crippen LogP contribution in [-0.4, -0.2) is 37.2 Å². The highest BCUT2D eigenvalue weighted by Crippen LogP contribution is 2.13. The van der Waals surface area contributed by atoms with E-state index in [4.69, 9.17) is 14.2 Å². The predicted octanol–water partition coefficient (Wildman–Crippen LogP) is 19.1. The van der Waals surface area contributed by atoms with E-state index in [1.165, 1.54) is 96.3 Å². The van der Waals surface area contributed by atoms with E-state index in [1.807, 2.05) is 0 Å². The van der Waals surface area contributed by atoms with E-state index in [0.29, 0.717) is 19.3 Å². The van der Waals surface area contributed by atoms with Crippen LogP contribution in [0.15, 0.2) is 109 Å². The summed E-state index contributed by atoms with van der Waals surface area (Å²) in [5, 5.41) is 0. The lowest BCUT2D eigenvalue weighted by Crippen LogP contribution is -2.30. The van der Waals surface area contributed by atoms with Crippen LogP contribution in [0.3, 0.4) is 0 Å². The van der Waals surface area contributed by atoms with Crippen LogP contribution in [0, 0.1) is 0 Å². The zero-order valence-electron chi connectivity index (χ0n) is 44.8. The SMILES string of the molecule is CC/C=C\C/C=C\C/C=C\C/C=C\CCCCCC(=O)OCC(COC(=O)CCCCCCC/C=C\C=C/CCCCCCCCC)OC(=O)CCC/C=C\C/C=C\C/C=C\CCCCCCCC. The molecule has 1 atom stereocenters. The second-order valence-electron chi connectivity index (χ2n) is 18.5. The summed E-state index contributed by atoms with van der Waals surface area (Å²) in [6.07, 6.45) is 76.5. The zero-order chi connectivity index (χ0) is 50.0. The highest BCUT2D eigenvalue weighted by molar-refractivity contribution is 5.71. The van der Waals surface area contributed by atoms with Gasteiger partial charge in [-0.25, -0.2) is 0 Å². The van der Waals surface area contributed by atoms with Crippen molar-refractivity contribution in [1.82, 2.24) is 0 Å². The maximum atomic E-state index is 12.8. The van der Waals surface area contributed by atoms with Gasteiger partial charge in [0.15, 0.2) is 6.10 Å². The lowest BCUT2D eigenvalue weighted by molar-refractivity contribution is -0.167. The first-order chi connectivity index (χ1) is 34.0. The van der Waals surface area contributed by atoms with Gasteiger partial charge in [0.05, 0.1) is 0 Å². The Balaban J connectivity index is 4.55. The summed E-state index contributed by atoms with van der Waals surface area (Å²) in [6, 6.07) is 0. The normalized spacial score (nSPS) is 12.9. The first-order valence-electron chi connectivity index (χ1n) is 28.4. The van der Waals surface area contributed by atoms with Gasteiger partial charge < -0.3 is 14.2 Å². The molecule has 0 rings (SSSR count). The summed E-state index contributed by atoms with van der Waals surface area (Å²) in [7, 11) is 0. The first kappa shape index (κ1) is 65.1. The molecule has 0 N–H and O–H groups in total. The van der Waals surface area contributed by atoms with Crippen molar-refractivity contribution in [2.45, 2.75) is 258 Å². The van der Waals surface area contributed by atoms with Gasteiger partial charge in [0.1, 0.15) is 13.2 Å². The fraction of sp³-hybridized carbons (Fsp3) is 0.667. The molecular weight excluding hydrogens is 853 g/mol. The summed E-state index contributed by atoms with van der Waals surface area (Å²) < 4.78 is 16.8. The molecule has 0 saturated carbocycles. The van der Waals surface area contributed by atoms with Crippen molar-refractivity contribution in [2.24, 2.45) is 0 Å². The van der Waals surface area contributed by atoms with E-state index < -0.39 is 6.10 Å². The molecule has 1 unspecified atom stereocenters. The Labute approximate surface area is 425 Å². The monoisotopic (exact) mass is 957 g/mol.